The molecule has 0 aliphatic heterocycles. The normalized spacial score (nSPS) is 10.0. The van der Waals surface area contributed by atoms with E-state index in [1.807, 2.05) is 0 Å². The number of hydrogen-bond acceptors (Lipinski definition) is 4. The molecule has 0 saturated carbocycles. The summed E-state index contributed by atoms with van der Waals surface area (Å²) in [6.45, 7) is 6.98. The van der Waals surface area contributed by atoms with Crippen LogP contribution in [-0.2, 0) is 9.59 Å². The van der Waals surface area contributed by atoms with Gasteiger partial charge in [0.15, 0.2) is 0 Å². The average Bonchev–Trinajstić information content (AvgIpc) is 2.53. The number of rotatable bonds is 5. The summed E-state index contributed by atoms with van der Waals surface area (Å²) >= 11 is 0. The van der Waals surface area contributed by atoms with Gasteiger partial charge in [0.25, 0.3) is 0 Å². The molecule has 110 valence electrons. The van der Waals surface area contributed by atoms with Crippen molar-refractivity contribution in [3.63, 3.8) is 0 Å². The Balaban J connectivity index is 2.45. The smallest absolute Gasteiger partial charge is 0.335 e. The van der Waals surface area contributed by atoms with Crippen LogP contribution in [0.2, 0.25) is 0 Å². The standard InChI is InChI=1S/C16H12N2O4/c1-9(15(19)20)11-3-5-17-13(7-11)14-8-12(4-6-18-14)10(2)16(21)22/h3-8H,1-2H2,(H,19,20)(H,21,22). The van der Waals surface area contributed by atoms with Gasteiger partial charge >= 0.3 is 11.9 Å². The lowest BCUT2D eigenvalue weighted by Gasteiger charge is -2.06. The van der Waals surface area contributed by atoms with E-state index >= 15 is 0 Å². The van der Waals surface area contributed by atoms with Crippen molar-refractivity contribution in [2.24, 2.45) is 0 Å². The average molecular weight is 296 g/mol. The van der Waals surface area contributed by atoms with Crippen LogP contribution < -0.4 is 0 Å². The maximum absolute atomic E-state index is 11.0. The van der Waals surface area contributed by atoms with Crippen LogP contribution in [0.4, 0.5) is 0 Å². The first kappa shape index (κ1) is 15.1. The monoisotopic (exact) mass is 296 g/mol. The molecule has 0 aliphatic rings. The van der Waals surface area contributed by atoms with Crippen LogP contribution in [0.1, 0.15) is 11.1 Å². The van der Waals surface area contributed by atoms with Crippen molar-refractivity contribution in [1.29, 1.82) is 0 Å². The van der Waals surface area contributed by atoms with E-state index in [-0.39, 0.29) is 11.1 Å². The number of pyridine rings is 2. The third-order valence-electron chi connectivity index (χ3n) is 3.00. The Hall–Kier alpha value is -3.28. The van der Waals surface area contributed by atoms with Gasteiger partial charge in [-0.15, -0.1) is 0 Å². The molecule has 0 bridgehead atoms. The molecule has 2 N–H and O–H groups in total. The number of hydrogen-bond donors (Lipinski definition) is 2. The van der Waals surface area contributed by atoms with E-state index in [0.717, 1.165) is 0 Å². The molecule has 6 heteroatoms. The zero-order valence-electron chi connectivity index (χ0n) is 11.5. The summed E-state index contributed by atoms with van der Waals surface area (Å²) in [7, 11) is 0. The third kappa shape index (κ3) is 3.06. The van der Waals surface area contributed by atoms with Crippen molar-refractivity contribution >= 4 is 23.1 Å². The SMILES string of the molecule is C=C(C(=O)O)c1ccnc(-c2cc(C(=C)C(=O)O)ccn2)c1. The van der Waals surface area contributed by atoms with Gasteiger partial charge in [-0.25, -0.2) is 9.59 Å². The van der Waals surface area contributed by atoms with E-state index < -0.39 is 11.9 Å². The second kappa shape index (κ2) is 6.01. The molecular formula is C16H12N2O4. The van der Waals surface area contributed by atoms with Crippen molar-refractivity contribution in [3.8, 4) is 11.4 Å². The van der Waals surface area contributed by atoms with Gasteiger partial charge in [-0.2, -0.15) is 0 Å². The number of aromatic nitrogens is 2. The van der Waals surface area contributed by atoms with Gasteiger partial charge in [-0.05, 0) is 35.4 Å². The molecule has 0 spiro atoms. The van der Waals surface area contributed by atoms with Gasteiger partial charge in [-0.1, -0.05) is 13.2 Å². The topological polar surface area (TPSA) is 100 Å². The second-order valence-electron chi connectivity index (χ2n) is 4.43. The molecule has 0 atom stereocenters. The zero-order valence-corrected chi connectivity index (χ0v) is 11.5. The highest BCUT2D eigenvalue weighted by Crippen LogP contribution is 2.22. The van der Waals surface area contributed by atoms with E-state index in [9.17, 15) is 9.59 Å². The highest BCUT2D eigenvalue weighted by molar-refractivity contribution is 6.15. The molecule has 2 rings (SSSR count). The fraction of sp³-hybridized carbons (Fsp3) is 0. The van der Waals surface area contributed by atoms with Crippen LogP contribution in [0.5, 0.6) is 0 Å². The molecule has 0 amide bonds. The first-order valence-corrected chi connectivity index (χ1v) is 6.17. The maximum Gasteiger partial charge on any atom is 0.335 e. The minimum absolute atomic E-state index is 0.0604. The Morgan fingerprint density at radius 2 is 1.18 bits per heavy atom. The minimum Gasteiger partial charge on any atom is -0.478 e. The summed E-state index contributed by atoms with van der Waals surface area (Å²) in [4.78, 5) is 30.2. The number of carboxylic acid groups (broad SMARTS) is 2. The van der Waals surface area contributed by atoms with E-state index in [0.29, 0.717) is 22.5 Å². The summed E-state index contributed by atoms with van der Waals surface area (Å²) in [5.41, 5.74) is 1.52. The Bertz CT molecular complexity index is 729. The van der Waals surface area contributed by atoms with Crippen LogP contribution in [0.3, 0.4) is 0 Å². The number of nitrogens with zero attached hydrogens (tertiary/aromatic N) is 2. The van der Waals surface area contributed by atoms with Crippen molar-refractivity contribution in [1.82, 2.24) is 9.97 Å². The molecule has 22 heavy (non-hydrogen) atoms. The Morgan fingerprint density at radius 1 is 0.818 bits per heavy atom. The molecule has 2 heterocycles. The molecule has 0 unspecified atom stereocenters. The van der Waals surface area contributed by atoms with Crippen LogP contribution in [0.15, 0.2) is 49.8 Å². The van der Waals surface area contributed by atoms with Crippen LogP contribution in [-0.4, -0.2) is 32.1 Å². The fourth-order valence-electron chi connectivity index (χ4n) is 1.76. The van der Waals surface area contributed by atoms with Crippen molar-refractivity contribution < 1.29 is 19.8 Å². The molecule has 0 saturated heterocycles. The van der Waals surface area contributed by atoms with Crippen LogP contribution in [0, 0.1) is 0 Å². The van der Waals surface area contributed by atoms with Gasteiger partial charge in [0.2, 0.25) is 0 Å². The first-order chi connectivity index (χ1) is 10.4. The summed E-state index contributed by atoms with van der Waals surface area (Å²) < 4.78 is 0. The van der Waals surface area contributed by atoms with Crippen LogP contribution >= 0.6 is 0 Å². The van der Waals surface area contributed by atoms with Gasteiger partial charge in [0, 0.05) is 12.4 Å². The van der Waals surface area contributed by atoms with Gasteiger partial charge < -0.3 is 10.2 Å². The summed E-state index contributed by atoms with van der Waals surface area (Å²) in [5, 5.41) is 17.9. The van der Waals surface area contributed by atoms with E-state index in [1.165, 1.54) is 36.7 Å². The predicted molar refractivity (Wildman–Crippen MR) is 80.8 cm³/mol. The fourth-order valence-corrected chi connectivity index (χ4v) is 1.76. The lowest BCUT2D eigenvalue weighted by molar-refractivity contribution is -0.131. The predicted octanol–water partition coefficient (Wildman–Crippen LogP) is 2.34. The quantitative estimate of drug-likeness (QED) is 0.821. The summed E-state index contributed by atoms with van der Waals surface area (Å²) in [6.07, 6.45) is 2.89. The molecular weight excluding hydrogens is 284 g/mol. The lowest BCUT2D eigenvalue weighted by Crippen LogP contribution is -2.00. The number of aliphatic carboxylic acids is 2. The molecule has 2 aromatic heterocycles. The molecule has 6 nitrogen and oxygen atoms in total. The van der Waals surface area contributed by atoms with E-state index in [1.54, 1.807) is 0 Å². The Kier molecular flexibility index (Phi) is 4.13. The molecule has 0 aromatic carbocycles. The zero-order chi connectivity index (χ0) is 16.3. The second-order valence-corrected chi connectivity index (χ2v) is 4.43. The van der Waals surface area contributed by atoms with Crippen molar-refractivity contribution in [3.05, 3.63) is 60.9 Å². The van der Waals surface area contributed by atoms with Gasteiger partial charge in [0.05, 0.1) is 22.5 Å². The maximum atomic E-state index is 11.0. The molecule has 0 radical (unpaired) electrons. The number of carbonyl (C=O) groups is 2. The van der Waals surface area contributed by atoms with Crippen LogP contribution in [0.25, 0.3) is 22.5 Å². The van der Waals surface area contributed by atoms with E-state index in [4.69, 9.17) is 10.2 Å². The Labute approximate surface area is 126 Å². The molecule has 2 aromatic rings. The largest absolute Gasteiger partial charge is 0.478 e. The molecule has 0 fully saturated rings. The highest BCUT2D eigenvalue weighted by Gasteiger charge is 2.12. The highest BCUT2D eigenvalue weighted by atomic mass is 16.4. The van der Waals surface area contributed by atoms with Crippen molar-refractivity contribution in [2.45, 2.75) is 0 Å². The van der Waals surface area contributed by atoms with E-state index in [2.05, 4.69) is 23.1 Å². The molecule has 0 aliphatic carbocycles. The third-order valence-corrected chi connectivity index (χ3v) is 3.00. The summed E-state index contributed by atoms with van der Waals surface area (Å²) in [5.74, 6) is -2.25. The van der Waals surface area contributed by atoms with Crippen molar-refractivity contribution in [2.75, 3.05) is 0 Å². The first-order valence-electron chi connectivity index (χ1n) is 6.17. The minimum atomic E-state index is -1.13. The lowest BCUT2D eigenvalue weighted by atomic mass is 10.0. The summed E-state index contributed by atoms with van der Waals surface area (Å²) in [6, 6.07) is 6.12. The number of carboxylic acids is 2. The van der Waals surface area contributed by atoms with Gasteiger partial charge in [0.1, 0.15) is 0 Å². The Morgan fingerprint density at radius 3 is 1.50 bits per heavy atom. The van der Waals surface area contributed by atoms with Gasteiger partial charge in [-0.3, -0.25) is 9.97 Å².